The highest BCUT2D eigenvalue weighted by atomic mass is 35.5. The van der Waals surface area contributed by atoms with E-state index in [2.05, 4.69) is 10.2 Å². The Morgan fingerprint density at radius 2 is 2.17 bits per heavy atom. The number of nitrogens with one attached hydrogen (secondary N) is 1. The van der Waals surface area contributed by atoms with Gasteiger partial charge in [-0.05, 0) is 30.7 Å². The molecule has 0 unspecified atom stereocenters. The van der Waals surface area contributed by atoms with Gasteiger partial charge >= 0.3 is 0 Å². The van der Waals surface area contributed by atoms with Gasteiger partial charge in [0.15, 0.2) is 0 Å². The second-order valence-corrected chi connectivity index (χ2v) is 4.83. The highest BCUT2D eigenvalue weighted by Gasteiger charge is 2.14. The third-order valence-corrected chi connectivity index (χ3v) is 3.17. The average Bonchev–Trinajstić information content (AvgIpc) is 2.34. The molecule has 1 saturated heterocycles. The fourth-order valence-electron chi connectivity index (χ4n) is 1.92. The molecule has 1 heterocycles. The molecule has 0 aromatic heterocycles. The van der Waals surface area contributed by atoms with Crippen molar-refractivity contribution in [2.45, 2.75) is 6.92 Å². The maximum Gasteiger partial charge on any atom is 0.238 e. The second kappa shape index (κ2) is 6.18. The van der Waals surface area contributed by atoms with E-state index in [4.69, 9.17) is 16.3 Å². The molecular weight excluding hydrogens is 252 g/mol. The molecule has 1 aromatic rings. The summed E-state index contributed by atoms with van der Waals surface area (Å²) in [7, 11) is 0. The summed E-state index contributed by atoms with van der Waals surface area (Å²) in [4.78, 5) is 14.0. The van der Waals surface area contributed by atoms with Crippen LogP contribution in [0.5, 0.6) is 0 Å². The third-order valence-electron chi connectivity index (χ3n) is 2.93. The van der Waals surface area contributed by atoms with Gasteiger partial charge in [0.05, 0.1) is 19.8 Å². The maximum atomic E-state index is 11.9. The zero-order valence-electron chi connectivity index (χ0n) is 10.4. The van der Waals surface area contributed by atoms with Gasteiger partial charge in [-0.3, -0.25) is 9.69 Å². The van der Waals surface area contributed by atoms with Gasteiger partial charge < -0.3 is 10.1 Å². The minimum Gasteiger partial charge on any atom is -0.379 e. The smallest absolute Gasteiger partial charge is 0.238 e. The van der Waals surface area contributed by atoms with E-state index < -0.39 is 0 Å². The molecule has 4 nitrogen and oxygen atoms in total. The number of benzene rings is 1. The number of nitrogens with zero attached hydrogens (tertiary/aromatic N) is 1. The van der Waals surface area contributed by atoms with E-state index in [1.165, 1.54) is 0 Å². The molecule has 1 aromatic carbocycles. The number of hydrogen-bond acceptors (Lipinski definition) is 3. The van der Waals surface area contributed by atoms with Crippen LogP contribution in [0.2, 0.25) is 5.02 Å². The normalized spacial score (nSPS) is 16.6. The Kier molecular flexibility index (Phi) is 4.58. The number of anilines is 1. The zero-order chi connectivity index (χ0) is 13.0. The quantitative estimate of drug-likeness (QED) is 0.911. The Morgan fingerprint density at radius 1 is 1.44 bits per heavy atom. The lowest BCUT2D eigenvalue weighted by molar-refractivity contribution is -0.118. The molecule has 1 aliphatic heterocycles. The van der Waals surface area contributed by atoms with E-state index >= 15 is 0 Å². The molecule has 0 atom stereocenters. The van der Waals surface area contributed by atoms with Crippen LogP contribution in [-0.4, -0.2) is 43.7 Å². The van der Waals surface area contributed by atoms with Gasteiger partial charge in [0, 0.05) is 23.8 Å². The molecule has 0 spiro atoms. The fourth-order valence-corrected chi connectivity index (χ4v) is 2.15. The van der Waals surface area contributed by atoms with Crippen molar-refractivity contribution >= 4 is 23.2 Å². The summed E-state index contributed by atoms with van der Waals surface area (Å²) in [5.74, 6) is 0.00215. The van der Waals surface area contributed by atoms with Crippen LogP contribution in [0, 0.1) is 6.92 Å². The number of amides is 1. The summed E-state index contributed by atoms with van der Waals surface area (Å²) in [6.45, 7) is 5.36. The van der Waals surface area contributed by atoms with Crippen LogP contribution in [0.1, 0.15) is 5.56 Å². The van der Waals surface area contributed by atoms with Crippen molar-refractivity contribution in [2.75, 3.05) is 38.2 Å². The first-order chi connectivity index (χ1) is 8.65. The largest absolute Gasteiger partial charge is 0.379 e. The summed E-state index contributed by atoms with van der Waals surface area (Å²) in [5, 5.41) is 3.58. The van der Waals surface area contributed by atoms with Gasteiger partial charge in [-0.15, -0.1) is 0 Å². The summed E-state index contributed by atoms with van der Waals surface area (Å²) >= 11 is 5.87. The van der Waals surface area contributed by atoms with E-state index in [1.54, 1.807) is 6.07 Å². The number of hydrogen-bond donors (Lipinski definition) is 1. The molecule has 0 aliphatic carbocycles. The standard InChI is InChI=1S/C13H17ClN2O2/c1-10-8-11(14)2-3-12(10)15-13(17)9-16-4-6-18-7-5-16/h2-3,8H,4-7,9H2,1H3,(H,15,17). The number of rotatable bonds is 3. The van der Waals surface area contributed by atoms with Crippen molar-refractivity contribution in [3.63, 3.8) is 0 Å². The predicted octanol–water partition coefficient (Wildman–Crippen LogP) is 1.92. The lowest BCUT2D eigenvalue weighted by atomic mass is 10.2. The molecule has 5 heteroatoms. The van der Waals surface area contributed by atoms with Crippen molar-refractivity contribution in [1.29, 1.82) is 0 Å². The van der Waals surface area contributed by atoms with Gasteiger partial charge in [0.1, 0.15) is 0 Å². The zero-order valence-corrected chi connectivity index (χ0v) is 11.2. The van der Waals surface area contributed by atoms with Crippen LogP contribution in [0.3, 0.4) is 0 Å². The Morgan fingerprint density at radius 3 is 2.83 bits per heavy atom. The number of ether oxygens (including phenoxy) is 1. The van der Waals surface area contributed by atoms with E-state index in [9.17, 15) is 4.79 Å². The van der Waals surface area contributed by atoms with Gasteiger partial charge in [0.2, 0.25) is 5.91 Å². The topological polar surface area (TPSA) is 41.6 Å². The lowest BCUT2D eigenvalue weighted by Gasteiger charge is -2.25. The number of halogens is 1. The molecule has 18 heavy (non-hydrogen) atoms. The first-order valence-corrected chi connectivity index (χ1v) is 6.39. The average molecular weight is 269 g/mol. The maximum absolute atomic E-state index is 11.9. The second-order valence-electron chi connectivity index (χ2n) is 4.40. The summed E-state index contributed by atoms with van der Waals surface area (Å²) in [6.07, 6.45) is 0. The predicted molar refractivity (Wildman–Crippen MR) is 72.1 cm³/mol. The van der Waals surface area contributed by atoms with Gasteiger partial charge in [-0.1, -0.05) is 11.6 Å². The number of carbonyl (C=O) groups excluding carboxylic acids is 1. The SMILES string of the molecule is Cc1cc(Cl)ccc1NC(=O)CN1CCOCC1. The molecule has 1 amide bonds. The summed E-state index contributed by atoms with van der Waals surface area (Å²) < 4.78 is 5.24. The molecule has 0 bridgehead atoms. The Balaban J connectivity index is 1.90. The molecular formula is C13H17ClN2O2. The Bertz CT molecular complexity index is 431. The first kappa shape index (κ1) is 13.3. The van der Waals surface area contributed by atoms with Gasteiger partial charge in [0.25, 0.3) is 0 Å². The summed E-state index contributed by atoms with van der Waals surface area (Å²) in [6, 6.07) is 5.44. The summed E-state index contributed by atoms with van der Waals surface area (Å²) in [5.41, 5.74) is 1.79. The lowest BCUT2D eigenvalue weighted by Crippen LogP contribution is -2.41. The van der Waals surface area contributed by atoms with Crippen LogP contribution in [0.4, 0.5) is 5.69 Å². The van der Waals surface area contributed by atoms with Crippen LogP contribution in [0.15, 0.2) is 18.2 Å². The Hall–Kier alpha value is -1.10. The highest BCUT2D eigenvalue weighted by Crippen LogP contribution is 2.19. The molecule has 0 radical (unpaired) electrons. The van der Waals surface area contributed by atoms with Gasteiger partial charge in [-0.2, -0.15) is 0 Å². The molecule has 98 valence electrons. The minimum atomic E-state index is 0.00215. The van der Waals surface area contributed by atoms with E-state index in [0.29, 0.717) is 24.8 Å². The molecule has 1 fully saturated rings. The van der Waals surface area contributed by atoms with Crippen LogP contribution < -0.4 is 5.32 Å². The highest BCUT2D eigenvalue weighted by molar-refractivity contribution is 6.30. The van der Waals surface area contributed by atoms with E-state index in [0.717, 1.165) is 24.3 Å². The van der Waals surface area contributed by atoms with Crippen molar-refractivity contribution < 1.29 is 9.53 Å². The monoisotopic (exact) mass is 268 g/mol. The fraction of sp³-hybridized carbons (Fsp3) is 0.462. The molecule has 0 saturated carbocycles. The Labute approximate surface area is 112 Å². The van der Waals surface area contributed by atoms with Crippen molar-refractivity contribution in [3.05, 3.63) is 28.8 Å². The van der Waals surface area contributed by atoms with Crippen LogP contribution in [-0.2, 0) is 9.53 Å². The van der Waals surface area contributed by atoms with Crippen LogP contribution in [0.25, 0.3) is 0 Å². The molecule has 1 N–H and O–H groups in total. The number of morpholine rings is 1. The van der Waals surface area contributed by atoms with Crippen molar-refractivity contribution in [1.82, 2.24) is 4.90 Å². The van der Waals surface area contributed by atoms with Crippen LogP contribution >= 0.6 is 11.6 Å². The van der Waals surface area contributed by atoms with E-state index in [1.807, 2.05) is 19.1 Å². The molecule has 2 rings (SSSR count). The minimum absolute atomic E-state index is 0.00215. The first-order valence-electron chi connectivity index (χ1n) is 6.01. The number of carbonyl (C=O) groups is 1. The van der Waals surface area contributed by atoms with Crippen molar-refractivity contribution in [2.24, 2.45) is 0 Å². The third kappa shape index (κ3) is 3.70. The number of aryl methyl sites for hydroxylation is 1. The van der Waals surface area contributed by atoms with Crippen molar-refractivity contribution in [3.8, 4) is 0 Å². The van der Waals surface area contributed by atoms with E-state index in [-0.39, 0.29) is 5.91 Å². The molecule has 1 aliphatic rings. The van der Waals surface area contributed by atoms with Gasteiger partial charge in [-0.25, -0.2) is 0 Å².